The smallest absolute Gasteiger partial charge is 0.248 e. The van der Waals surface area contributed by atoms with Gasteiger partial charge in [-0.05, 0) is 42.2 Å². The molecule has 7 atom stereocenters. The van der Waals surface area contributed by atoms with Crippen LogP contribution in [-0.2, 0) is 14.4 Å². The Morgan fingerprint density at radius 2 is 1.86 bits per heavy atom. The van der Waals surface area contributed by atoms with Crippen LogP contribution in [0.25, 0.3) is 0 Å². The number of amides is 3. The van der Waals surface area contributed by atoms with Crippen molar-refractivity contribution in [2.45, 2.75) is 35.4 Å². The second-order valence-electron chi connectivity index (χ2n) is 9.74. The lowest BCUT2D eigenvalue weighted by atomic mass is 9.66. The number of benzene rings is 2. The standard InChI is InChI=1S/C27H31N3O5S/c1-15-13-20-21(24(32)28-2)22-26(34)30(19(14-31)16-7-5-4-6-8-16)23(27(15,22)36-20)25(33)29-17-9-11-18(35-3)12-10-17/h4-12,15,19-23,31H,13-14H2,1-3H3,(H,28,32)(H,29,33)/t15?,19-,20+,21-,22+,23?,27?/m1/s1. The number of carbonyl (C=O) groups excluding carboxylic acids is 3. The molecule has 5 rings (SSSR count). The van der Waals surface area contributed by atoms with Gasteiger partial charge in [-0.25, -0.2) is 0 Å². The lowest BCUT2D eigenvalue weighted by Crippen LogP contribution is -2.55. The maximum atomic E-state index is 14.2. The van der Waals surface area contributed by atoms with Crippen molar-refractivity contribution in [2.75, 3.05) is 26.1 Å². The van der Waals surface area contributed by atoms with Gasteiger partial charge in [0.1, 0.15) is 11.8 Å². The quantitative estimate of drug-likeness (QED) is 0.529. The van der Waals surface area contributed by atoms with E-state index in [0.29, 0.717) is 11.4 Å². The molecule has 3 aliphatic rings. The SMILES string of the molecule is CNC(=O)[C@@H]1[C@@H]2CC(C)C3(S2)C(C(=O)Nc2ccc(OC)cc2)N([C@H](CO)c2ccccc2)C(=O)[C@H]13. The molecular weight excluding hydrogens is 478 g/mol. The van der Waals surface area contributed by atoms with Crippen LogP contribution in [0.2, 0.25) is 0 Å². The number of fused-ring (bicyclic) bond motifs is 1. The molecule has 3 unspecified atom stereocenters. The van der Waals surface area contributed by atoms with Crippen molar-refractivity contribution in [3.8, 4) is 5.75 Å². The zero-order chi connectivity index (χ0) is 25.6. The zero-order valence-electron chi connectivity index (χ0n) is 20.5. The normalized spacial score (nSPS) is 31.2. The first-order valence-electron chi connectivity index (χ1n) is 12.2. The number of nitrogens with one attached hydrogen (secondary N) is 2. The highest BCUT2D eigenvalue weighted by Crippen LogP contribution is 2.69. The van der Waals surface area contributed by atoms with Crippen molar-refractivity contribution in [3.05, 3.63) is 60.2 Å². The molecule has 3 amide bonds. The van der Waals surface area contributed by atoms with E-state index in [2.05, 4.69) is 17.6 Å². The number of aliphatic hydroxyl groups excluding tert-OH is 1. The van der Waals surface area contributed by atoms with E-state index in [-0.39, 0.29) is 35.5 Å². The van der Waals surface area contributed by atoms with Crippen LogP contribution in [0.15, 0.2) is 54.6 Å². The van der Waals surface area contributed by atoms with Gasteiger partial charge >= 0.3 is 0 Å². The Labute approximate surface area is 214 Å². The van der Waals surface area contributed by atoms with Gasteiger partial charge in [0, 0.05) is 18.0 Å². The number of carbonyl (C=O) groups is 3. The van der Waals surface area contributed by atoms with Gasteiger partial charge in [-0.3, -0.25) is 14.4 Å². The molecular formula is C27H31N3O5S. The minimum Gasteiger partial charge on any atom is -0.497 e. The van der Waals surface area contributed by atoms with E-state index in [4.69, 9.17) is 4.74 Å². The van der Waals surface area contributed by atoms with Crippen LogP contribution in [-0.4, -0.2) is 64.5 Å². The van der Waals surface area contributed by atoms with E-state index in [1.165, 1.54) is 0 Å². The van der Waals surface area contributed by atoms with Crippen molar-refractivity contribution in [2.24, 2.45) is 17.8 Å². The molecule has 2 aromatic rings. The average molecular weight is 510 g/mol. The Bertz CT molecular complexity index is 1160. The largest absolute Gasteiger partial charge is 0.497 e. The fourth-order valence-corrected chi connectivity index (χ4v) is 8.88. The molecule has 9 heteroatoms. The van der Waals surface area contributed by atoms with Crippen LogP contribution >= 0.6 is 11.8 Å². The average Bonchev–Trinajstić information content (AvgIpc) is 3.49. The van der Waals surface area contributed by atoms with E-state index >= 15 is 0 Å². The summed E-state index contributed by atoms with van der Waals surface area (Å²) in [4.78, 5) is 42.8. The Morgan fingerprint density at radius 1 is 1.17 bits per heavy atom. The van der Waals surface area contributed by atoms with Crippen LogP contribution in [0.4, 0.5) is 5.69 Å². The van der Waals surface area contributed by atoms with E-state index in [1.807, 2.05) is 30.3 Å². The topological polar surface area (TPSA) is 108 Å². The third-order valence-corrected chi connectivity index (χ3v) is 10.1. The molecule has 3 N–H and O–H groups in total. The van der Waals surface area contributed by atoms with E-state index in [0.717, 1.165) is 12.0 Å². The van der Waals surface area contributed by atoms with Gasteiger partial charge in [0.25, 0.3) is 0 Å². The van der Waals surface area contributed by atoms with E-state index in [1.54, 1.807) is 55.1 Å². The van der Waals surface area contributed by atoms with Gasteiger partial charge in [-0.2, -0.15) is 0 Å². The molecule has 0 saturated carbocycles. The Balaban J connectivity index is 1.60. The molecule has 2 bridgehead atoms. The molecule has 2 aromatic carbocycles. The van der Waals surface area contributed by atoms with Crippen LogP contribution in [0.3, 0.4) is 0 Å². The number of rotatable bonds is 7. The van der Waals surface area contributed by atoms with Gasteiger partial charge in [0.05, 0.1) is 36.3 Å². The fraction of sp³-hybridized carbons (Fsp3) is 0.444. The lowest BCUT2D eigenvalue weighted by molar-refractivity contribution is -0.142. The third kappa shape index (κ3) is 3.59. The number of thioether (sulfide) groups is 1. The highest BCUT2D eigenvalue weighted by Gasteiger charge is 2.76. The Hall–Kier alpha value is -3.04. The highest BCUT2D eigenvalue weighted by atomic mass is 32.2. The zero-order valence-corrected chi connectivity index (χ0v) is 21.3. The second kappa shape index (κ2) is 9.44. The summed E-state index contributed by atoms with van der Waals surface area (Å²) < 4.78 is 4.45. The number of aliphatic hydroxyl groups is 1. The van der Waals surface area contributed by atoms with Crippen molar-refractivity contribution in [1.82, 2.24) is 10.2 Å². The summed E-state index contributed by atoms with van der Waals surface area (Å²) in [6.07, 6.45) is 0.752. The molecule has 3 heterocycles. The lowest BCUT2D eigenvalue weighted by Gasteiger charge is -2.40. The first kappa shape index (κ1) is 24.6. The fourth-order valence-electron chi connectivity index (χ4n) is 6.48. The molecule has 3 fully saturated rings. The monoisotopic (exact) mass is 509 g/mol. The molecule has 3 aliphatic heterocycles. The molecule has 0 radical (unpaired) electrons. The van der Waals surface area contributed by atoms with Gasteiger partial charge in [0.15, 0.2) is 0 Å². The summed E-state index contributed by atoms with van der Waals surface area (Å²) >= 11 is 1.61. The van der Waals surface area contributed by atoms with Gasteiger partial charge in [-0.15, -0.1) is 11.8 Å². The summed E-state index contributed by atoms with van der Waals surface area (Å²) in [6.45, 7) is 1.74. The summed E-state index contributed by atoms with van der Waals surface area (Å²) in [7, 11) is 3.16. The second-order valence-corrected chi connectivity index (χ2v) is 11.3. The Kier molecular flexibility index (Phi) is 6.46. The third-order valence-electron chi connectivity index (χ3n) is 8.03. The van der Waals surface area contributed by atoms with E-state index < -0.39 is 28.7 Å². The number of nitrogens with zero attached hydrogens (tertiary/aromatic N) is 1. The molecule has 190 valence electrons. The predicted molar refractivity (Wildman–Crippen MR) is 137 cm³/mol. The van der Waals surface area contributed by atoms with E-state index in [9.17, 15) is 19.5 Å². The molecule has 8 nitrogen and oxygen atoms in total. The number of hydrogen-bond acceptors (Lipinski definition) is 6. The number of anilines is 1. The van der Waals surface area contributed by atoms with Crippen molar-refractivity contribution < 1.29 is 24.2 Å². The summed E-state index contributed by atoms with van der Waals surface area (Å²) in [5.41, 5.74) is 1.33. The molecule has 0 aliphatic carbocycles. The van der Waals surface area contributed by atoms with Gasteiger partial charge in [0.2, 0.25) is 17.7 Å². The summed E-state index contributed by atoms with van der Waals surface area (Å²) in [5, 5.41) is 16.2. The maximum Gasteiger partial charge on any atom is 0.248 e. The molecule has 1 spiro atoms. The minimum absolute atomic E-state index is 0.0309. The minimum atomic E-state index is -0.853. The molecule has 36 heavy (non-hydrogen) atoms. The van der Waals surface area contributed by atoms with Crippen molar-refractivity contribution in [3.63, 3.8) is 0 Å². The molecule has 0 aromatic heterocycles. The number of likely N-dealkylation sites (tertiary alicyclic amines) is 1. The number of hydrogen-bond donors (Lipinski definition) is 3. The van der Waals surface area contributed by atoms with Crippen LogP contribution in [0.1, 0.15) is 24.9 Å². The number of methoxy groups -OCH3 is 1. The van der Waals surface area contributed by atoms with Crippen LogP contribution < -0.4 is 15.4 Å². The number of ether oxygens (including phenoxy) is 1. The maximum absolute atomic E-state index is 14.2. The van der Waals surface area contributed by atoms with Crippen LogP contribution in [0.5, 0.6) is 5.75 Å². The summed E-state index contributed by atoms with van der Waals surface area (Å²) in [5.74, 6) is -1.18. The van der Waals surface area contributed by atoms with Crippen LogP contribution in [0, 0.1) is 17.8 Å². The predicted octanol–water partition coefficient (Wildman–Crippen LogP) is 2.45. The van der Waals surface area contributed by atoms with Gasteiger partial charge < -0.3 is 25.4 Å². The van der Waals surface area contributed by atoms with Crippen molar-refractivity contribution >= 4 is 35.2 Å². The Morgan fingerprint density at radius 3 is 2.47 bits per heavy atom. The van der Waals surface area contributed by atoms with Crippen molar-refractivity contribution in [1.29, 1.82) is 0 Å². The first-order chi connectivity index (χ1) is 17.4. The summed E-state index contributed by atoms with van der Waals surface area (Å²) in [6, 6.07) is 14.7. The highest BCUT2D eigenvalue weighted by molar-refractivity contribution is 8.02. The first-order valence-corrected chi connectivity index (χ1v) is 13.1. The van der Waals surface area contributed by atoms with Gasteiger partial charge in [-0.1, -0.05) is 37.3 Å². The molecule has 3 saturated heterocycles.